The zero-order chi connectivity index (χ0) is 16.5. The first-order chi connectivity index (χ1) is 11.3. The normalized spacial score (nSPS) is 11.1. The third-order valence-corrected chi connectivity index (χ3v) is 3.52. The van der Waals surface area contributed by atoms with E-state index in [0.717, 1.165) is 18.8 Å². The van der Waals surface area contributed by atoms with Gasteiger partial charge in [-0.2, -0.15) is 5.26 Å². The van der Waals surface area contributed by atoms with Crippen molar-refractivity contribution in [2.45, 2.75) is 0 Å². The number of aliphatic imine (C=N–C) groups is 1. The molecule has 118 valence electrons. The third kappa shape index (κ3) is 4.95. The lowest BCUT2D eigenvalue weighted by molar-refractivity contribution is 0.874. The van der Waals surface area contributed by atoms with Crippen LogP contribution in [0.15, 0.2) is 53.7 Å². The number of alkyl halides is 2. The topological polar surface area (TPSA) is 52.3 Å². The number of benzene rings is 1. The van der Waals surface area contributed by atoms with Gasteiger partial charge in [0.25, 0.3) is 0 Å². The van der Waals surface area contributed by atoms with Gasteiger partial charge in [-0.1, -0.05) is 6.07 Å². The highest BCUT2D eigenvalue weighted by molar-refractivity contribution is 6.18. The molecule has 0 N–H and O–H groups in total. The number of hydrogen-bond acceptors (Lipinski definition) is 4. The van der Waals surface area contributed by atoms with Crippen molar-refractivity contribution >= 4 is 40.3 Å². The monoisotopic (exact) mass is 346 g/mol. The summed E-state index contributed by atoms with van der Waals surface area (Å²) in [6.45, 7) is 1.46. The first-order valence-electron chi connectivity index (χ1n) is 7.15. The van der Waals surface area contributed by atoms with Crippen LogP contribution in [0.1, 0.15) is 5.69 Å². The van der Waals surface area contributed by atoms with Gasteiger partial charge in [-0.3, -0.25) is 4.98 Å². The average Bonchev–Trinajstić information content (AvgIpc) is 2.61. The van der Waals surface area contributed by atoms with E-state index in [9.17, 15) is 5.26 Å². The molecule has 2 rings (SSSR count). The van der Waals surface area contributed by atoms with Gasteiger partial charge in [0.15, 0.2) is 5.71 Å². The van der Waals surface area contributed by atoms with Crippen molar-refractivity contribution in [3.05, 3.63) is 54.4 Å². The molecule has 0 aliphatic carbocycles. The molecule has 2 aromatic rings. The average molecular weight is 347 g/mol. The third-order valence-electron chi connectivity index (χ3n) is 3.18. The van der Waals surface area contributed by atoms with E-state index < -0.39 is 0 Å². The smallest absolute Gasteiger partial charge is 0.166 e. The molecule has 0 radical (unpaired) electrons. The molecule has 0 aliphatic rings. The molecule has 0 fully saturated rings. The molecular formula is C17H16Cl2N4. The van der Waals surface area contributed by atoms with Crippen molar-refractivity contribution in [1.29, 1.82) is 5.26 Å². The Morgan fingerprint density at radius 3 is 2.30 bits per heavy atom. The van der Waals surface area contributed by atoms with Crippen molar-refractivity contribution < 1.29 is 0 Å². The van der Waals surface area contributed by atoms with E-state index in [0.29, 0.717) is 23.1 Å². The van der Waals surface area contributed by atoms with E-state index in [4.69, 9.17) is 23.2 Å². The van der Waals surface area contributed by atoms with E-state index in [1.807, 2.05) is 30.3 Å². The summed E-state index contributed by atoms with van der Waals surface area (Å²) < 4.78 is 0. The Labute approximate surface area is 146 Å². The lowest BCUT2D eigenvalue weighted by atomic mass is 10.2. The summed E-state index contributed by atoms with van der Waals surface area (Å²) in [5, 5.41) is 9.27. The number of halogens is 2. The molecule has 1 aromatic carbocycles. The van der Waals surface area contributed by atoms with Crippen LogP contribution < -0.4 is 4.90 Å². The Morgan fingerprint density at radius 2 is 1.78 bits per heavy atom. The number of hydrogen-bond donors (Lipinski definition) is 0. The largest absolute Gasteiger partial charge is 0.369 e. The first-order valence-corrected chi connectivity index (χ1v) is 8.22. The minimum atomic E-state index is 0.289. The highest BCUT2D eigenvalue weighted by Gasteiger charge is 2.06. The van der Waals surface area contributed by atoms with Gasteiger partial charge in [0.05, 0.1) is 11.4 Å². The Bertz CT molecular complexity index is 672. The second-order valence-electron chi connectivity index (χ2n) is 4.67. The summed E-state index contributed by atoms with van der Waals surface area (Å²) in [6.07, 6.45) is 1.64. The van der Waals surface area contributed by atoms with Crippen molar-refractivity contribution in [3.8, 4) is 6.07 Å². The zero-order valence-corrected chi connectivity index (χ0v) is 14.0. The van der Waals surface area contributed by atoms with Crippen molar-refractivity contribution in [3.63, 3.8) is 0 Å². The lowest BCUT2D eigenvalue weighted by Gasteiger charge is -2.22. The second-order valence-corrected chi connectivity index (χ2v) is 5.42. The maximum atomic E-state index is 9.27. The molecule has 0 atom stereocenters. The summed E-state index contributed by atoms with van der Waals surface area (Å²) in [6, 6.07) is 15.1. The maximum Gasteiger partial charge on any atom is 0.166 e. The fraction of sp³-hybridized carbons (Fsp3) is 0.235. The second kappa shape index (κ2) is 9.14. The Hall–Kier alpha value is -2.09. The number of nitriles is 1. The minimum Gasteiger partial charge on any atom is -0.369 e. The maximum absolute atomic E-state index is 9.27. The number of aromatic nitrogens is 1. The molecule has 0 bridgehead atoms. The summed E-state index contributed by atoms with van der Waals surface area (Å²) in [4.78, 5) is 10.6. The van der Waals surface area contributed by atoms with Crippen LogP contribution in [-0.4, -0.2) is 35.5 Å². The van der Waals surface area contributed by atoms with Crippen LogP contribution in [0.2, 0.25) is 0 Å². The molecule has 0 unspecified atom stereocenters. The van der Waals surface area contributed by atoms with Crippen LogP contribution in [-0.2, 0) is 0 Å². The Kier molecular flexibility index (Phi) is 6.86. The van der Waals surface area contributed by atoms with Gasteiger partial charge in [0, 0.05) is 36.7 Å². The predicted octanol–water partition coefficient (Wildman–Crippen LogP) is 4.01. The van der Waals surface area contributed by atoms with Crippen molar-refractivity contribution in [2.24, 2.45) is 4.99 Å². The van der Waals surface area contributed by atoms with Gasteiger partial charge in [0.2, 0.25) is 0 Å². The van der Waals surface area contributed by atoms with Crippen molar-refractivity contribution in [2.75, 3.05) is 29.7 Å². The molecule has 1 heterocycles. The predicted molar refractivity (Wildman–Crippen MR) is 96.1 cm³/mol. The van der Waals surface area contributed by atoms with Gasteiger partial charge < -0.3 is 4.90 Å². The van der Waals surface area contributed by atoms with E-state index in [2.05, 4.69) is 20.9 Å². The Balaban J connectivity index is 2.21. The first kappa shape index (κ1) is 17.3. The molecule has 6 heteroatoms. The SMILES string of the molecule is N#CC(=Nc1ccc(N(CCCl)CCCl)cc1)c1ccccn1. The standard InChI is InChI=1S/C17H16Cl2N4/c18-8-11-23(12-9-19)15-6-4-14(5-7-15)22-17(13-20)16-3-1-2-10-21-16/h1-7,10H,8-9,11-12H2. The molecule has 0 amide bonds. The van der Waals surface area contributed by atoms with Crippen molar-refractivity contribution in [1.82, 2.24) is 4.98 Å². The van der Waals surface area contributed by atoms with E-state index in [1.165, 1.54) is 0 Å². The number of nitrogens with zero attached hydrogens (tertiary/aromatic N) is 4. The molecular weight excluding hydrogens is 331 g/mol. The molecule has 0 spiro atoms. The van der Waals surface area contributed by atoms with Crippen LogP contribution >= 0.6 is 23.2 Å². The van der Waals surface area contributed by atoms with Crippen LogP contribution in [0.25, 0.3) is 0 Å². The quantitative estimate of drug-likeness (QED) is 0.562. The minimum absolute atomic E-state index is 0.289. The van der Waals surface area contributed by atoms with Gasteiger partial charge in [-0.05, 0) is 36.4 Å². The van der Waals surface area contributed by atoms with Crippen LogP contribution in [0.3, 0.4) is 0 Å². The fourth-order valence-electron chi connectivity index (χ4n) is 2.08. The fourth-order valence-corrected chi connectivity index (χ4v) is 2.49. The van der Waals surface area contributed by atoms with Crippen LogP contribution in [0.5, 0.6) is 0 Å². The summed E-state index contributed by atoms with van der Waals surface area (Å²) in [5.74, 6) is 1.07. The number of anilines is 1. The van der Waals surface area contributed by atoms with Gasteiger partial charge in [-0.15, -0.1) is 23.2 Å². The molecule has 4 nitrogen and oxygen atoms in total. The lowest BCUT2D eigenvalue weighted by Crippen LogP contribution is -2.27. The number of rotatable bonds is 7. The highest BCUT2D eigenvalue weighted by Crippen LogP contribution is 2.20. The van der Waals surface area contributed by atoms with Gasteiger partial charge in [-0.25, -0.2) is 4.99 Å². The van der Waals surface area contributed by atoms with Gasteiger partial charge in [0.1, 0.15) is 6.07 Å². The molecule has 0 aliphatic heterocycles. The molecule has 1 aromatic heterocycles. The number of pyridine rings is 1. The molecule has 0 saturated heterocycles. The Morgan fingerprint density at radius 1 is 1.09 bits per heavy atom. The van der Waals surface area contributed by atoms with Gasteiger partial charge >= 0.3 is 0 Å². The van der Waals surface area contributed by atoms with E-state index >= 15 is 0 Å². The van der Waals surface area contributed by atoms with Crippen LogP contribution in [0.4, 0.5) is 11.4 Å². The highest BCUT2D eigenvalue weighted by atomic mass is 35.5. The molecule has 23 heavy (non-hydrogen) atoms. The zero-order valence-electron chi connectivity index (χ0n) is 12.5. The van der Waals surface area contributed by atoms with E-state index in [-0.39, 0.29) is 5.71 Å². The summed E-state index contributed by atoms with van der Waals surface area (Å²) in [7, 11) is 0. The van der Waals surface area contributed by atoms with E-state index in [1.54, 1.807) is 18.3 Å². The summed E-state index contributed by atoms with van der Waals surface area (Å²) >= 11 is 11.6. The molecule has 0 saturated carbocycles. The summed E-state index contributed by atoms with van der Waals surface area (Å²) in [5.41, 5.74) is 2.58. The van der Waals surface area contributed by atoms with Crippen LogP contribution in [0, 0.1) is 11.3 Å².